The first-order valence-corrected chi connectivity index (χ1v) is 8.01. The third-order valence-corrected chi connectivity index (χ3v) is 5.39. The van der Waals surface area contributed by atoms with Crippen molar-refractivity contribution in [3.05, 3.63) is 35.4 Å². The Morgan fingerprint density at radius 1 is 1.15 bits per heavy atom. The van der Waals surface area contributed by atoms with Gasteiger partial charge < -0.3 is 5.32 Å². The quantitative estimate of drug-likeness (QED) is 0.891. The van der Waals surface area contributed by atoms with Gasteiger partial charge in [-0.3, -0.25) is 4.79 Å². The van der Waals surface area contributed by atoms with Crippen LogP contribution in [0.3, 0.4) is 0 Å². The fourth-order valence-corrected chi connectivity index (χ4v) is 3.80. The summed E-state index contributed by atoms with van der Waals surface area (Å²) < 4.78 is 0. The lowest BCUT2D eigenvalue weighted by Crippen LogP contribution is -2.39. The van der Waals surface area contributed by atoms with Crippen LogP contribution in [-0.2, 0) is 11.2 Å². The van der Waals surface area contributed by atoms with Crippen molar-refractivity contribution in [2.75, 3.05) is 6.54 Å². The highest BCUT2D eigenvalue weighted by Gasteiger charge is 2.35. The monoisotopic (exact) mass is 271 g/mol. The van der Waals surface area contributed by atoms with Gasteiger partial charge in [0.15, 0.2) is 5.78 Å². The number of nitrogens with one attached hydrogen (secondary N) is 1. The first-order chi connectivity index (χ1) is 9.66. The summed E-state index contributed by atoms with van der Waals surface area (Å²) in [7, 11) is 0. The van der Waals surface area contributed by atoms with E-state index in [2.05, 4.69) is 43.4 Å². The van der Waals surface area contributed by atoms with Gasteiger partial charge in [-0.25, -0.2) is 0 Å². The molecule has 0 amide bonds. The van der Waals surface area contributed by atoms with Gasteiger partial charge in [-0.05, 0) is 48.6 Å². The number of carbonyl (C=O) groups excluding carboxylic acids is 1. The number of carbonyl (C=O) groups is 1. The lowest BCUT2D eigenvalue weighted by Gasteiger charge is -2.35. The van der Waals surface area contributed by atoms with Crippen molar-refractivity contribution in [2.45, 2.75) is 45.6 Å². The summed E-state index contributed by atoms with van der Waals surface area (Å²) in [5.74, 6) is 2.13. The number of hydrogen-bond acceptors (Lipinski definition) is 2. The number of ketones is 1. The van der Waals surface area contributed by atoms with Crippen molar-refractivity contribution < 1.29 is 4.79 Å². The predicted molar refractivity (Wildman–Crippen MR) is 81.6 cm³/mol. The average Bonchev–Trinajstić information content (AvgIpc) is 2.49. The Labute approximate surface area is 122 Å². The zero-order valence-electron chi connectivity index (χ0n) is 12.6. The van der Waals surface area contributed by atoms with E-state index in [0.717, 1.165) is 31.7 Å². The number of rotatable bonds is 2. The molecule has 2 heteroatoms. The second kappa shape index (κ2) is 5.69. The van der Waals surface area contributed by atoms with Crippen molar-refractivity contribution in [3.63, 3.8) is 0 Å². The fourth-order valence-electron chi connectivity index (χ4n) is 3.80. The molecule has 20 heavy (non-hydrogen) atoms. The Morgan fingerprint density at radius 2 is 1.95 bits per heavy atom. The SMILES string of the molecule is CC1CCC(C(=O)C2NCCc3ccccc32)CC1C. The highest BCUT2D eigenvalue weighted by Crippen LogP contribution is 2.37. The van der Waals surface area contributed by atoms with E-state index in [4.69, 9.17) is 0 Å². The van der Waals surface area contributed by atoms with Crippen LogP contribution in [0.5, 0.6) is 0 Å². The molecule has 0 spiro atoms. The Morgan fingerprint density at radius 3 is 2.75 bits per heavy atom. The third-order valence-electron chi connectivity index (χ3n) is 5.39. The fraction of sp³-hybridized carbons (Fsp3) is 0.611. The van der Waals surface area contributed by atoms with Crippen LogP contribution in [0.2, 0.25) is 0 Å². The summed E-state index contributed by atoms with van der Waals surface area (Å²) in [5.41, 5.74) is 2.57. The van der Waals surface area contributed by atoms with Gasteiger partial charge >= 0.3 is 0 Å². The summed E-state index contributed by atoms with van der Waals surface area (Å²) >= 11 is 0. The highest BCUT2D eigenvalue weighted by molar-refractivity contribution is 5.88. The largest absolute Gasteiger partial charge is 0.303 e. The first-order valence-electron chi connectivity index (χ1n) is 8.01. The normalized spacial score (nSPS) is 33.5. The van der Waals surface area contributed by atoms with E-state index in [1.807, 2.05) is 0 Å². The van der Waals surface area contributed by atoms with Gasteiger partial charge in [0.25, 0.3) is 0 Å². The molecule has 4 unspecified atom stereocenters. The van der Waals surface area contributed by atoms with E-state index in [-0.39, 0.29) is 12.0 Å². The number of hydrogen-bond donors (Lipinski definition) is 1. The lowest BCUT2D eigenvalue weighted by atomic mass is 9.72. The minimum atomic E-state index is -0.0643. The van der Waals surface area contributed by atoms with Gasteiger partial charge in [-0.1, -0.05) is 38.1 Å². The van der Waals surface area contributed by atoms with Gasteiger partial charge in [0, 0.05) is 12.5 Å². The van der Waals surface area contributed by atoms with E-state index in [1.165, 1.54) is 17.5 Å². The molecule has 3 rings (SSSR count). The molecule has 1 aromatic carbocycles. The van der Waals surface area contributed by atoms with Crippen molar-refractivity contribution in [1.82, 2.24) is 5.32 Å². The van der Waals surface area contributed by atoms with E-state index in [9.17, 15) is 4.79 Å². The Bertz CT molecular complexity index is 496. The third kappa shape index (κ3) is 2.54. The predicted octanol–water partition coefficient (Wildman–Crippen LogP) is 3.51. The highest BCUT2D eigenvalue weighted by atomic mass is 16.1. The molecule has 2 aliphatic rings. The molecule has 1 N–H and O–H groups in total. The average molecular weight is 271 g/mol. The van der Waals surface area contributed by atoms with Crippen molar-refractivity contribution in [3.8, 4) is 0 Å². The van der Waals surface area contributed by atoms with Crippen LogP contribution in [0.15, 0.2) is 24.3 Å². The van der Waals surface area contributed by atoms with Crippen LogP contribution in [0.1, 0.15) is 50.3 Å². The molecule has 4 atom stereocenters. The van der Waals surface area contributed by atoms with Gasteiger partial charge in [0.05, 0.1) is 6.04 Å². The molecule has 1 aromatic rings. The molecule has 0 bridgehead atoms. The Kier molecular flexibility index (Phi) is 3.93. The lowest BCUT2D eigenvalue weighted by molar-refractivity contribution is -0.127. The van der Waals surface area contributed by atoms with Crippen LogP contribution in [0, 0.1) is 17.8 Å². The molecule has 1 fully saturated rings. The van der Waals surface area contributed by atoms with E-state index < -0.39 is 0 Å². The molecule has 0 aromatic heterocycles. The summed E-state index contributed by atoms with van der Waals surface area (Å²) in [4.78, 5) is 12.9. The number of fused-ring (bicyclic) bond motifs is 1. The molecule has 1 aliphatic carbocycles. The number of Topliss-reactive ketones (excluding diaryl/α,β-unsaturated/α-hetero) is 1. The zero-order valence-corrected chi connectivity index (χ0v) is 12.6. The molecule has 1 saturated carbocycles. The van der Waals surface area contributed by atoms with Gasteiger partial charge in [-0.15, -0.1) is 0 Å². The smallest absolute Gasteiger partial charge is 0.157 e. The van der Waals surface area contributed by atoms with E-state index >= 15 is 0 Å². The second-order valence-corrected chi connectivity index (χ2v) is 6.70. The topological polar surface area (TPSA) is 29.1 Å². The van der Waals surface area contributed by atoms with Crippen LogP contribution in [0.4, 0.5) is 0 Å². The summed E-state index contributed by atoms with van der Waals surface area (Å²) in [5, 5.41) is 3.45. The maximum Gasteiger partial charge on any atom is 0.157 e. The molecule has 0 radical (unpaired) electrons. The minimum Gasteiger partial charge on any atom is -0.303 e. The Hall–Kier alpha value is -1.15. The zero-order chi connectivity index (χ0) is 14.1. The maximum atomic E-state index is 12.9. The summed E-state index contributed by atoms with van der Waals surface area (Å²) in [6.07, 6.45) is 4.38. The van der Waals surface area contributed by atoms with E-state index in [0.29, 0.717) is 11.7 Å². The van der Waals surface area contributed by atoms with Crippen LogP contribution in [0.25, 0.3) is 0 Å². The van der Waals surface area contributed by atoms with Crippen molar-refractivity contribution in [1.29, 1.82) is 0 Å². The van der Waals surface area contributed by atoms with Crippen molar-refractivity contribution in [2.24, 2.45) is 17.8 Å². The standard InChI is InChI=1S/C18H25NO/c1-12-7-8-15(11-13(12)2)18(20)17-16-6-4-3-5-14(16)9-10-19-17/h3-6,12-13,15,17,19H,7-11H2,1-2H3. The van der Waals surface area contributed by atoms with Crippen LogP contribution < -0.4 is 5.32 Å². The van der Waals surface area contributed by atoms with Gasteiger partial charge in [0.2, 0.25) is 0 Å². The first kappa shape index (κ1) is 13.8. The summed E-state index contributed by atoms with van der Waals surface area (Å²) in [6.45, 7) is 5.54. The van der Waals surface area contributed by atoms with E-state index in [1.54, 1.807) is 0 Å². The minimum absolute atomic E-state index is 0.0643. The molecule has 2 nitrogen and oxygen atoms in total. The van der Waals surface area contributed by atoms with Gasteiger partial charge in [0.1, 0.15) is 0 Å². The molecular formula is C18H25NO. The molecule has 1 heterocycles. The molecule has 108 valence electrons. The maximum absolute atomic E-state index is 12.9. The van der Waals surface area contributed by atoms with Crippen LogP contribution in [-0.4, -0.2) is 12.3 Å². The molecule has 1 aliphatic heterocycles. The molecule has 0 saturated heterocycles. The second-order valence-electron chi connectivity index (χ2n) is 6.70. The van der Waals surface area contributed by atoms with Crippen molar-refractivity contribution >= 4 is 5.78 Å². The summed E-state index contributed by atoms with van der Waals surface area (Å²) in [6, 6.07) is 8.36. The number of benzene rings is 1. The van der Waals surface area contributed by atoms with Gasteiger partial charge in [-0.2, -0.15) is 0 Å². The van der Waals surface area contributed by atoms with Crippen LogP contribution >= 0.6 is 0 Å². The molecular weight excluding hydrogens is 246 g/mol. The Balaban J connectivity index is 1.78.